The van der Waals surface area contributed by atoms with E-state index in [-0.39, 0.29) is 0 Å². The molecule has 0 aliphatic rings. The van der Waals surface area contributed by atoms with Gasteiger partial charge in [-0.3, -0.25) is 0 Å². The number of phenols is 1. The lowest BCUT2D eigenvalue weighted by molar-refractivity contribution is 0.273. The van der Waals surface area contributed by atoms with Gasteiger partial charge in [-0.1, -0.05) is 17.7 Å². The molecule has 0 saturated carbocycles. The average Bonchev–Trinajstić information content (AvgIpc) is 2.28. The smallest absolute Gasteiger partial charge is 0.120 e. The summed E-state index contributed by atoms with van der Waals surface area (Å²) in [5, 5.41) is 13.0. The van der Waals surface area contributed by atoms with E-state index in [4.69, 9.17) is 0 Å². The van der Waals surface area contributed by atoms with E-state index in [0.717, 1.165) is 25.2 Å². The van der Waals surface area contributed by atoms with Gasteiger partial charge in [0, 0.05) is 31.2 Å². The van der Waals surface area contributed by atoms with Crippen molar-refractivity contribution in [2.45, 2.75) is 33.4 Å². The number of likely N-dealkylation sites (N-methyl/N-ethyl adjacent to an activating group) is 1. The van der Waals surface area contributed by atoms with Crippen LogP contribution in [0.5, 0.6) is 5.75 Å². The highest BCUT2D eigenvalue weighted by Gasteiger charge is 2.03. The molecule has 0 aromatic heterocycles. The van der Waals surface area contributed by atoms with Crippen LogP contribution in [0.2, 0.25) is 0 Å². The molecule has 0 radical (unpaired) electrons. The van der Waals surface area contributed by atoms with Crippen molar-refractivity contribution in [2.75, 3.05) is 20.1 Å². The van der Waals surface area contributed by atoms with Crippen LogP contribution >= 0.6 is 0 Å². The topological polar surface area (TPSA) is 35.5 Å². The van der Waals surface area contributed by atoms with E-state index in [9.17, 15) is 5.11 Å². The lowest BCUT2D eigenvalue weighted by Crippen LogP contribution is -2.33. The molecule has 3 heteroatoms. The molecule has 0 aliphatic carbocycles. The van der Waals surface area contributed by atoms with Gasteiger partial charge >= 0.3 is 0 Å². The molecule has 2 N–H and O–H groups in total. The standard InChI is InChI=1S/C14H24N2O/c1-11(2)16(4)8-7-15-10-13-9-12(3)5-6-14(13)17/h5-6,9,11,15,17H,7-8,10H2,1-4H3. The summed E-state index contributed by atoms with van der Waals surface area (Å²) in [6, 6.07) is 6.27. The van der Waals surface area contributed by atoms with E-state index in [2.05, 4.69) is 31.1 Å². The van der Waals surface area contributed by atoms with Gasteiger partial charge in [-0.25, -0.2) is 0 Å². The van der Waals surface area contributed by atoms with E-state index in [1.165, 1.54) is 5.56 Å². The molecule has 96 valence electrons. The van der Waals surface area contributed by atoms with Crippen molar-refractivity contribution in [3.05, 3.63) is 29.3 Å². The molecule has 0 bridgehead atoms. The maximum Gasteiger partial charge on any atom is 0.120 e. The van der Waals surface area contributed by atoms with Crippen LogP contribution in [0, 0.1) is 6.92 Å². The fourth-order valence-electron chi connectivity index (χ4n) is 1.59. The minimum absolute atomic E-state index is 0.375. The Morgan fingerprint density at radius 3 is 2.71 bits per heavy atom. The van der Waals surface area contributed by atoms with E-state index in [1.807, 2.05) is 19.1 Å². The number of phenolic OH excluding ortho intramolecular Hbond substituents is 1. The molecule has 1 rings (SSSR count). The lowest BCUT2D eigenvalue weighted by atomic mass is 10.1. The van der Waals surface area contributed by atoms with Gasteiger partial charge < -0.3 is 15.3 Å². The molecule has 17 heavy (non-hydrogen) atoms. The number of nitrogens with one attached hydrogen (secondary N) is 1. The second-order valence-electron chi connectivity index (χ2n) is 4.88. The van der Waals surface area contributed by atoms with Crippen molar-refractivity contribution in [3.63, 3.8) is 0 Å². The summed E-state index contributed by atoms with van der Waals surface area (Å²) in [4.78, 5) is 2.29. The third-order valence-electron chi connectivity index (χ3n) is 3.07. The summed E-state index contributed by atoms with van der Waals surface area (Å²) in [5.74, 6) is 0.375. The molecule has 0 saturated heterocycles. The molecule has 0 amide bonds. The van der Waals surface area contributed by atoms with Crippen LogP contribution in [0.15, 0.2) is 18.2 Å². The zero-order valence-corrected chi connectivity index (χ0v) is 11.3. The van der Waals surface area contributed by atoms with E-state index >= 15 is 0 Å². The second kappa shape index (κ2) is 6.62. The van der Waals surface area contributed by atoms with Crippen molar-refractivity contribution in [1.29, 1.82) is 0 Å². The fourth-order valence-corrected chi connectivity index (χ4v) is 1.59. The largest absolute Gasteiger partial charge is 0.508 e. The molecular formula is C14H24N2O. The van der Waals surface area contributed by atoms with Crippen LogP contribution < -0.4 is 5.32 Å². The Balaban J connectivity index is 2.33. The van der Waals surface area contributed by atoms with Crippen LogP contribution in [0.4, 0.5) is 0 Å². The number of nitrogens with zero attached hydrogens (tertiary/aromatic N) is 1. The Labute approximate surface area is 104 Å². The van der Waals surface area contributed by atoms with Crippen LogP contribution in [-0.2, 0) is 6.54 Å². The lowest BCUT2D eigenvalue weighted by Gasteiger charge is -2.21. The predicted octanol–water partition coefficient (Wildman–Crippen LogP) is 2.13. The number of hydrogen-bond donors (Lipinski definition) is 2. The zero-order chi connectivity index (χ0) is 12.8. The summed E-state index contributed by atoms with van der Waals surface area (Å²) >= 11 is 0. The van der Waals surface area contributed by atoms with Crippen molar-refractivity contribution in [2.24, 2.45) is 0 Å². The summed E-state index contributed by atoms with van der Waals surface area (Å²) < 4.78 is 0. The quantitative estimate of drug-likeness (QED) is 0.743. The van der Waals surface area contributed by atoms with Gasteiger partial charge in [0.1, 0.15) is 5.75 Å². The van der Waals surface area contributed by atoms with Crippen molar-refractivity contribution in [1.82, 2.24) is 10.2 Å². The van der Waals surface area contributed by atoms with Gasteiger partial charge in [0.2, 0.25) is 0 Å². The number of aromatic hydroxyl groups is 1. The van der Waals surface area contributed by atoms with Crippen LogP contribution in [0.25, 0.3) is 0 Å². The zero-order valence-electron chi connectivity index (χ0n) is 11.3. The number of rotatable bonds is 6. The molecular weight excluding hydrogens is 212 g/mol. The molecule has 3 nitrogen and oxygen atoms in total. The predicted molar refractivity (Wildman–Crippen MR) is 72.3 cm³/mol. The van der Waals surface area contributed by atoms with Crippen LogP contribution in [0.3, 0.4) is 0 Å². The third-order valence-corrected chi connectivity index (χ3v) is 3.07. The highest BCUT2D eigenvalue weighted by molar-refractivity contribution is 5.35. The Bertz CT molecular complexity index is 350. The van der Waals surface area contributed by atoms with Gasteiger partial charge in [-0.05, 0) is 33.9 Å². The first-order chi connectivity index (χ1) is 8.00. The summed E-state index contributed by atoms with van der Waals surface area (Å²) in [7, 11) is 2.12. The van der Waals surface area contributed by atoms with Crippen LogP contribution in [0.1, 0.15) is 25.0 Å². The monoisotopic (exact) mass is 236 g/mol. The number of aryl methyl sites for hydroxylation is 1. The minimum Gasteiger partial charge on any atom is -0.508 e. The fraction of sp³-hybridized carbons (Fsp3) is 0.571. The summed E-state index contributed by atoms with van der Waals surface area (Å²) in [5.41, 5.74) is 2.15. The Morgan fingerprint density at radius 1 is 1.35 bits per heavy atom. The Hall–Kier alpha value is -1.06. The normalized spacial score (nSPS) is 11.4. The van der Waals surface area contributed by atoms with Gasteiger partial charge in [-0.2, -0.15) is 0 Å². The first-order valence-electron chi connectivity index (χ1n) is 6.20. The van der Waals surface area contributed by atoms with Gasteiger partial charge in [0.25, 0.3) is 0 Å². The molecule has 0 fully saturated rings. The number of benzene rings is 1. The van der Waals surface area contributed by atoms with Gasteiger partial charge in [0.05, 0.1) is 0 Å². The molecule has 0 aliphatic heterocycles. The first kappa shape index (κ1) is 14.0. The highest BCUT2D eigenvalue weighted by atomic mass is 16.3. The van der Waals surface area contributed by atoms with Crippen molar-refractivity contribution >= 4 is 0 Å². The molecule has 0 atom stereocenters. The maximum atomic E-state index is 9.68. The molecule has 1 aromatic carbocycles. The molecule has 0 spiro atoms. The maximum absolute atomic E-state index is 9.68. The summed E-state index contributed by atoms with van der Waals surface area (Å²) in [6.45, 7) is 9.08. The van der Waals surface area contributed by atoms with Gasteiger partial charge in [-0.15, -0.1) is 0 Å². The Morgan fingerprint density at radius 2 is 2.06 bits per heavy atom. The second-order valence-corrected chi connectivity index (χ2v) is 4.88. The molecule has 0 heterocycles. The third kappa shape index (κ3) is 4.75. The molecule has 1 aromatic rings. The van der Waals surface area contributed by atoms with Crippen LogP contribution in [-0.4, -0.2) is 36.2 Å². The minimum atomic E-state index is 0.375. The first-order valence-corrected chi connectivity index (χ1v) is 6.20. The number of hydrogen-bond acceptors (Lipinski definition) is 3. The van der Waals surface area contributed by atoms with Crippen molar-refractivity contribution < 1.29 is 5.11 Å². The van der Waals surface area contributed by atoms with E-state index in [0.29, 0.717) is 11.8 Å². The van der Waals surface area contributed by atoms with Gasteiger partial charge in [0.15, 0.2) is 0 Å². The average molecular weight is 236 g/mol. The van der Waals surface area contributed by atoms with Crippen molar-refractivity contribution in [3.8, 4) is 5.75 Å². The summed E-state index contributed by atoms with van der Waals surface area (Å²) in [6.07, 6.45) is 0. The SMILES string of the molecule is Cc1ccc(O)c(CNCCN(C)C(C)C)c1. The van der Waals surface area contributed by atoms with E-state index in [1.54, 1.807) is 6.07 Å². The Kier molecular flexibility index (Phi) is 5.45. The molecule has 0 unspecified atom stereocenters. The highest BCUT2D eigenvalue weighted by Crippen LogP contribution is 2.17. The van der Waals surface area contributed by atoms with E-state index < -0.39 is 0 Å².